The van der Waals surface area contributed by atoms with Gasteiger partial charge in [-0.1, -0.05) is 0 Å². The molecule has 2 fully saturated rings. The van der Waals surface area contributed by atoms with Gasteiger partial charge in [0.05, 0.1) is 17.8 Å². The number of sulfone groups is 1. The molecule has 4 rings (SSSR count). The Bertz CT molecular complexity index is 1010. The summed E-state index contributed by atoms with van der Waals surface area (Å²) in [5, 5.41) is 4.23. The van der Waals surface area contributed by atoms with E-state index in [1.54, 1.807) is 23.1 Å². The Morgan fingerprint density at radius 1 is 1.18 bits per heavy atom. The molecule has 150 valence electrons. The molecule has 2 aromatic rings. The van der Waals surface area contributed by atoms with Crippen LogP contribution < -0.4 is 5.56 Å². The lowest BCUT2D eigenvalue weighted by atomic mass is 10.2. The van der Waals surface area contributed by atoms with Crippen molar-refractivity contribution in [2.45, 2.75) is 19.0 Å². The normalized spacial score (nSPS) is 22.4. The van der Waals surface area contributed by atoms with Gasteiger partial charge in [0.1, 0.15) is 12.2 Å². The van der Waals surface area contributed by atoms with Crippen LogP contribution >= 0.6 is 0 Å². The summed E-state index contributed by atoms with van der Waals surface area (Å²) in [6, 6.07) is 6.46. The van der Waals surface area contributed by atoms with E-state index in [2.05, 4.69) is 10.00 Å². The van der Waals surface area contributed by atoms with E-state index in [4.69, 9.17) is 4.42 Å². The summed E-state index contributed by atoms with van der Waals surface area (Å²) in [6.07, 6.45) is 2.18. The van der Waals surface area contributed by atoms with Gasteiger partial charge in [-0.05, 0) is 24.6 Å². The van der Waals surface area contributed by atoms with Gasteiger partial charge in [-0.25, -0.2) is 13.1 Å². The van der Waals surface area contributed by atoms with Crippen LogP contribution in [0.25, 0.3) is 11.5 Å². The minimum atomic E-state index is -2.92. The van der Waals surface area contributed by atoms with Crippen molar-refractivity contribution in [3.8, 4) is 11.5 Å². The van der Waals surface area contributed by atoms with Gasteiger partial charge in [0.25, 0.3) is 5.56 Å². The van der Waals surface area contributed by atoms with Crippen molar-refractivity contribution in [2.75, 3.05) is 37.7 Å². The van der Waals surface area contributed by atoms with Crippen molar-refractivity contribution in [1.82, 2.24) is 19.6 Å². The fourth-order valence-corrected chi connectivity index (χ4v) is 5.51. The summed E-state index contributed by atoms with van der Waals surface area (Å²) in [6.45, 7) is 2.18. The first-order valence-corrected chi connectivity index (χ1v) is 11.1. The largest absolute Gasteiger partial charge is 0.463 e. The number of carbonyl (C=O) groups is 1. The average molecular weight is 406 g/mol. The van der Waals surface area contributed by atoms with Gasteiger partial charge < -0.3 is 9.32 Å². The molecule has 0 saturated carbocycles. The Balaban J connectivity index is 1.37. The topological polar surface area (TPSA) is 106 Å². The smallest absolute Gasteiger partial charge is 0.267 e. The number of nitrogens with zero attached hydrogens (tertiary/aromatic N) is 4. The molecule has 0 aliphatic carbocycles. The third-order valence-electron chi connectivity index (χ3n) is 5.32. The molecular formula is C18H22N4O5S. The van der Waals surface area contributed by atoms with E-state index in [0.717, 1.165) is 4.68 Å². The summed E-state index contributed by atoms with van der Waals surface area (Å²) in [7, 11) is -2.92. The monoisotopic (exact) mass is 406 g/mol. The first kappa shape index (κ1) is 18.9. The summed E-state index contributed by atoms with van der Waals surface area (Å²) in [5.74, 6) is 0.809. The van der Waals surface area contributed by atoms with Gasteiger partial charge in [-0.15, -0.1) is 0 Å². The third kappa shape index (κ3) is 4.02. The molecule has 2 saturated heterocycles. The molecule has 28 heavy (non-hydrogen) atoms. The molecule has 0 bridgehead atoms. The van der Waals surface area contributed by atoms with E-state index in [1.807, 2.05) is 0 Å². The van der Waals surface area contributed by atoms with E-state index in [-0.39, 0.29) is 35.6 Å². The van der Waals surface area contributed by atoms with Gasteiger partial charge in [0, 0.05) is 38.3 Å². The van der Waals surface area contributed by atoms with E-state index in [1.165, 1.54) is 12.3 Å². The second kappa shape index (κ2) is 7.51. The van der Waals surface area contributed by atoms with Crippen LogP contribution in [0.15, 0.2) is 39.7 Å². The van der Waals surface area contributed by atoms with Gasteiger partial charge in [0.2, 0.25) is 5.91 Å². The molecule has 0 unspecified atom stereocenters. The highest BCUT2D eigenvalue weighted by molar-refractivity contribution is 7.91. The average Bonchev–Trinajstić information content (AvgIpc) is 3.33. The van der Waals surface area contributed by atoms with Crippen LogP contribution in [0.4, 0.5) is 0 Å². The molecule has 10 heteroatoms. The summed E-state index contributed by atoms with van der Waals surface area (Å²) in [5.41, 5.74) is 0.142. The predicted molar refractivity (Wildman–Crippen MR) is 101 cm³/mol. The van der Waals surface area contributed by atoms with Gasteiger partial charge in [-0.2, -0.15) is 5.10 Å². The maximum absolute atomic E-state index is 12.6. The lowest BCUT2D eigenvalue weighted by Gasteiger charge is -2.37. The first-order valence-electron chi connectivity index (χ1n) is 9.25. The quantitative estimate of drug-likeness (QED) is 0.694. The van der Waals surface area contributed by atoms with Crippen LogP contribution in [-0.2, 0) is 21.2 Å². The number of aromatic nitrogens is 2. The third-order valence-corrected chi connectivity index (χ3v) is 7.07. The molecule has 0 radical (unpaired) electrons. The highest BCUT2D eigenvalue weighted by Gasteiger charge is 2.34. The fraction of sp³-hybridized carbons (Fsp3) is 0.500. The van der Waals surface area contributed by atoms with E-state index in [9.17, 15) is 18.0 Å². The number of carbonyl (C=O) groups excluding carboxylic acids is 1. The molecule has 2 aliphatic heterocycles. The molecule has 4 heterocycles. The number of piperazine rings is 1. The van der Waals surface area contributed by atoms with Crippen molar-refractivity contribution in [3.63, 3.8) is 0 Å². The molecule has 0 N–H and O–H groups in total. The van der Waals surface area contributed by atoms with E-state index < -0.39 is 9.84 Å². The molecule has 2 aliphatic rings. The fourth-order valence-electron chi connectivity index (χ4n) is 3.75. The van der Waals surface area contributed by atoms with Crippen molar-refractivity contribution >= 4 is 15.7 Å². The maximum Gasteiger partial charge on any atom is 0.267 e. The number of furan rings is 1. The number of hydrogen-bond acceptors (Lipinski definition) is 7. The highest BCUT2D eigenvalue weighted by atomic mass is 32.2. The maximum atomic E-state index is 12.6. The zero-order chi connectivity index (χ0) is 19.7. The molecule has 2 aromatic heterocycles. The summed E-state index contributed by atoms with van der Waals surface area (Å²) >= 11 is 0. The van der Waals surface area contributed by atoms with Crippen molar-refractivity contribution in [3.05, 3.63) is 40.9 Å². The molecular weight excluding hydrogens is 384 g/mol. The SMILES string of the molecule is O=C(Cn1nc(-c2ccco2)ccc1=O)N1CCN([C@H]2CCS(=O)(=O)C2)CC1. The van der Waals surface area contributed by atoms with Crippen LogP contribution in [0, 0.1) is 0 Å². The zero-order valence-electron chi connectivity index (χ0n) is 15.4. The number of rotatable bonds is 4. The van der Waals surface area contributed by atoms with Crippen molar-refractivity contribution < 1.29 is 17.6 Å². The lowest BCUT2D eigenvalue weighted by Crippen LogP contribution is -2.53. The minimum absolute atomic E-state index is 0.0523. The zero-order valence-corrected chi connectivity index (χ0v) is 16.2. The minimum Gasteiger partial charge on any atom is -0.463 e. The second-order valence-electron chi connectivity index (χ2n) is 7.17. The Kier molecular flexibility index (Phi) is 5.07. The summed E-state index contributed by atoms with van der Waals surface area (Å²) in [4.78, 5) is 28.6. The molecule has 1 amide bonds. The molecule has 0 spiro atoms. The van der Waals surface area contributed by atoms with Crippen LogP contribution in [-0.4, -0.2) is 77.6 Å². The van der Waals surface area contributed by atoms with Crippen LogP contribution in [0.1, 0.15) is 6.42 Å². The van der Waals surface area contributed by atoms with Gasteiger partial charge in [0.15, 0.2) is 15.6 Å². The number of hydrogen-bond donors (Lipinski definition) is 0. The van der Waals surface area contributed by atoms with Crippen LogP contribution in [0.3, 0.4) is 0 Å². The molecule has 1 atom stereocenters. The second-order valence-corrected chi connectivity index (χ2v) is 9.39. The van der Waals surface area contributed by atoms with Gasteiger partial charge >= 0.3 is 0 Å². The Morgan fingerprint density at radius 2 is 1.96 bits per heavy atom. The lowest BCUT2D eigenvalue weighted by molar-refractivity contribution is -0.134. The van der Waals surface area contributed by atoms with Crippen LogP contribution in [0.5, 0.6) is 0 Å². The van der Waals surface area contributed by atoms with Crippen LogP contribution in [0.2, 0.25) is 0 Å². The highest BCUT2D eigenvalue weighted by Crippen LogP contribution is 2.19. The predicted octanol–water partition coefficient (Wildman–Crippen LogP) is -0.165. The Labute approximate surface area is 162 Å². The van der Waals surface area contributed by atoms with Crippen molar-refractivity contribution in [1.29, 1.82) is 0 Å². The first-order chi connectivity index (χ1) is 13.4. The Morgan fingerprint density at radius 3 is 2.61 bits per heavy atom. The van der Waals surface area contributed by atoms with Gasteiger partial charge in [-0.3, -0.25) is 14.5 Å². The summed E-state index contributed by atoms with van der Waals surface area (Å²) < 4.78 is 29.8. The van der Waals surface area contributed by atoms with E-state index >= 15 is 0 Å². The standard InChI is InChI=1S/C18H22N4O5S/c23-17-4-3-15(16-2-1-10-27-16)19-22(17)12-18(24)21-8-6-20(7-9-21)14-5-11-28(25,26)13-14/h1-4,10,14H,5-9,11-13H2/t14-/m0/s1. The Hall–Kier alpha value is -2.46. The molecule has 0 aromatic carbocycles. The van der Waals surface area contributed by atoms with E-state index in [0.29, 0.717) is 44.1 Å². The van der Waals surface area contributed by atoms with Crippen molar-refractivity contribution in [2.24, 2.45) is 0 Å². The molecule has 9 nitrogen and oxygen atoms in total. The number of amides is 1.